The molecule has 1 N–H and O–H groups in total. The van der Waals surface area contributed by atoms with E-state index in [1.54, 1.807) is 6.07 Å². The van der Waals surface area contributed by atoms with E-state index >= 15 is 0 Å². The average Bonchev–Trinajstić information content (AvgIpc) is 2.93. The van der Waals surface area contributed by atoms with Crippen LogP contribution in [0, 0.1) is 0 Å². The highest BCUT2D eigenvalue weighted by atomic mass is 35.5. The molecule has 0 aliphatic carbocycles. The fourth-order valence-corrected chi connectivity index (χ4v) is 2.34. The van der Waals surface area contributed by atoms with Gasteiger partial charge in [0.25, 0.3) is 5.91 Å². The van der Waals surface area contributed by atoms with E-state index in [1.807, 2.05) is 19.1 Å². The van der Waals surface area contributed by atoms with Crippen LogP contribution >= 0.6 is 11.6 Å². The predicted octanol–water partition coefficient (Wildman–Crippen LogP) is 4.31. The first kappa shape index (κ1) is 13.7. The molecule has 4 heteroatoms. The summed E-state index contributed by atoms with van der Waals surface area (Å²) in [6.07, 6.45) is 4.52. The van der Waals surface area contributed by atoms with Gasteiger partial charge in [-0.3, -0.25) is 4.79 Å². The summed E-state index contributed by atoms with van der Waals surface area (Å²) < 4.78 is 4.92. The Labute approximate surface area is 117 Å². The quantitative estimate of drug-likeness (QED) is 0.905. The Morgan fingerprint density at radius 2 is 2.05 bits per heavy atom. The molecular weight excluding hydrogens is 262 g/mol. The number of carbonyl (C=O) groups is 1. The van der Waals surface area contributed by atoms with Crippen LogP contribution in [-0.4, -0.2) is 5.91 Å². The van der Waals surface area contributed by atoms with E-state index in [0.29, 0.717) is 10.6 Å². The zero-order valence-corrected chi connectivity index (χ0v) is 11.8. The van der Waals surface area contributed by atoms with Crippen molar-refractivity contribution in [2.24, 2.45) is 0 Å². The van der Waals surface area contributed by atoms with Gasteiger partial charge >= 0.3 is 0 Å². The first-order chi connectivity index (χ1) is 9.17. The van der Waals surface area contributed by atoms with E-state index in [4.69, 9.17) is 16.0 Å². The molecule has 2 rings (SSSR count). The number of aryl methyl sites for hydroxylation is 1. The third-order valence-corrected chi connectivity index (χ3v) is 3.45. The number of anilines is 1. The van der Waals surface area contributed by atoms with Crippen LogP contribution in [0.5, 0.6) is 0 Å². The minimum absolute atomic E-state index is 0.180. The molecule has 1 heterocycles. The standard InChI is InChI=1S/C15H16ClNO2/c1-3-10-5-6-13(16)12(4-2)14(10)17-15(18)11-7-8-19-9-11/h5-9H,3-4H2,1-2H3,(H,17,18). The van der Waals surface area contributed by atoms with Gasteiger partial charge in [0.2, 0.25) is 0 Å². The van der Waals surface area contributed by atoms with Crippen LogP contribution in [-0.2, 0) is 12.8 Å². The number of furan rings is 1. The van der Waals surface area contributed by atoms with Crippen LogP contribution in [0.15, 0.2) is 35.1 Å². The molecule has 0 atom stereocenters. The number of halogens is 1. The molecule has 0 bridgehead atoms. The Bertz CT molecular complexity index is 576. The molecule has 3 nitrogen and oxygen atoms in total. The number of carbonyl (C=O) groups excluding carboxylic acids is 1. The Morgan fingerprint density at radius 3 is 2.63 bits per heavy atom. The highest BCUT2D eigenvalue weighted by molar-refractivity contribution is 6.32. The van der Waals surface area contributed by atoms with E-state index in [1.165, 1.54) is 12.5 Å². The first-order valence-corrected chi connectivity index (χ1v) is 6.69. The van der Waals surface area contributed by atoms with E-state index in [9.17, 15) is 4.79 Å². The summed E-state index contributed by atoms with van der Waals surface area (Å²) in [6.45, 7) is 4.07. The van der Waals surface area contributed by atoms with Crippen molar-refractivity contribution in [2.75, 3.05) is 5.32 Å². The third kappa shape index (κ3) is 2.82. The maximum absolute atomic E-state index is 12.1. The SMILES string of the molecule is CCc1ccc(Cl)c(CC)c1NC(=O)c1ccoc1. The van der Waals surface area contributed by atoms with Crippen molar-refractivity contribution >= 4 is 23.2 Å². The normalized spacial score (nSPS) is 10.5. The summed E-state index contributed by atoms with van der Waals surface area (Å²) in [5.74, 6) is -0.180. The van der Waals surface area contributed by atoms with E-state index in [-0.39, 0.29) is 5.91 Å². The molecule has 0 aliphatic heterocycles. The molecular formula is C15H16ClNO2. The predicted molar refractivity (Wildman–Crippen MR) is 76.9 cm³/mol. The number of nitrogens with one attached hydrogen (secondary N) is 1. The third-order valence-electron chi connectivity index (χ3n) is 3.10. The number of rotatable bonds is 4. The maximum Gasteiger partial charge on any atom is 0.258 e. The van der Waals surface area contributed by atoms with Gasteiger partial charge in [-0.05, 0) is 36.1 Å². The van der Waals surface area contributed by atoms with Crippen molar-refractivity contribution in [3.8, 4) is 0 Å². The Hall–Kier alpha value is -1.74. The lowest BCUT2D eigenvalue weighted by molar-refractivity contribution is 0.102. The fraction of sp³-hybridized carbons (Fsp3) is 0.267. The summed E-state index contributed by atoms with van der Waals surface area (Å²) in [4.78, 5) is 12.1. The Balaban J connectivity index is 2.38. The molecule has 0 saturated heterocycles. The van der Waals surface area contributed by atoms with Crippen LogP contribution in [0.3, 0.4) is 0 Å². The van der Waals surface area contributed by atoms with E-state index < -0.39 is 0 Å². The molecule has 0 spiro atoms. The molecule has 1 aromatic carbocycles. The highest BCUT2D eigenvalue weighted by Crippen LogP contribution is 2.29. The molecule has 1 aromatic heterocycles. The summed E-state index contributed by atoms with van der Waals surface area (Å²) in [6, 6.07) is 5.47. The molecule has 0 aliphatic rings. The summed E-state index contributed by atoms with van der Waals surface area (Å²) >= 11 is 6.20. The summed E-state index contributed by atoms with van der Waals surface area (Å²) in [5, 5.41) is 3.62. The van der Waals surface area contributed by atoms with Crippen molar-refractivity contribution in [1.29, 1.82) is 0 Å². The van der Waals surface area contributed by atoms with Gasteiger partial charge in [-0.2, -0.15) is 0 Å². The molecule has 0 radical (unpaired) electrons. The van der Waals surface area contributed by atoms with E-state index in [2.05, 4.69) is 12.2 Å². The van der Waals surface area contributed by atoms with Gasteiger partial charge in [0.05, 0.1) is 11.8 Å². The summed E-state index contributed by atoms with van der Waals surface area (Å²) in [5.41, 5.74) is 3.38. The largest absolute Gasteiger partial charge is 0.472 e. The maximum atomic E-state index is 12.1. The van der Waals surface area contributed by atoms with E-state index in [0.717, 1.165) is 29.7 Å². The average molecular weight is 278 g/mol. The smallest absolute Gasteiger partial charge is 0.258 e. The van der Waals surface area contributed by atoms with Crippen LogP contribution in [0.4, 0.5) is 5.69 Å². The van der Waals surface area contributed by atoms with Gasteiger partial charge in [-0.25, -0.2) is 0 Å². The van der Waals surface area contributed by atoms with Crippen molar-refractivity contribution in [3.63, 3.8) is 0 Å². The van der Waals surface area contributed by atoms with Crippen LogP contribution in [0.25, 0.3) is 0 Å². The minimum atomic E-state index is -0.180. The second-order valence-electron chi connectivity index (χ2n) is 4.23. The van der Waals surface area contributed by atoms with Crippen molar-refractivity contribution in [3.05, 3.63) is 52.4 Å². The van der Waals surface area contributed by atoms with Crippen LogP contribution in [0.1, 0.15) is 35.3 Å². The molecule has 100 valence electrons. The first-order valence-electron chi connectivity index (χ1n) is 6.31. The van der Waals surface area contributed by atoms with Gasteiger partial charge in [-0.15, -0.1) is 0 Å². The number of hydrogen-bond acceptors (Lipinski definition) is 2. The van der Waals surface area contributed by atoms with Crippen molar-refractivity contribution in [1.82, 2.24) is 0 Å². The zero-order valence-electron chi connectivity index (χ0n) is 11.0. The second-order valence-corrected chi connectivity index (χ2v) is 4.64. The van der Waals surface area contributed by atoms with Crippen molar-refractivity contribution in [2.45, 2.75) is 26.7 Å². The lowest BCUT2D eigenvalue weighted by atomic mass is 10.0. The van der Waals surface area contributed by atoms with Gasteiger partial charge in [0.15, 0.2) is 0 Å². The number of amides is 1. The van der Waals surface area contributed by atoms with Gasteiger partial charge in [-0.1, -0.05) is 31.5 Å². The van der Waals surface area contributed by atoms with Gasteiger partial charge in [0.1, 0.15) is 6.26 Å². The van der Waals surface area contributed by atoms with Gasteiger partial charge in [0, 0.05) is 10.7 Å². The number of benzene rings is 1. The molecule has 19 heavy (non-hydrogen) atoms. The lowest BCUT2D eigenvalue weighted by Gasteiger charge is -2.15. The minimum Gasteiger partial charge on any atom is -0.472 e. The van der Waals surface area contributed by atoms with Crippen LogP contribution in [0.2, 0.25) is 5.02 Å². The molecule has 0 fully saturated rings. The zero-order chi connectivity index (χ0) is 13.8. The fourth-order valence-electron chi connectivity index (χ4n) is 2.05. The Morgan fingerprint density at radius 1 is 1.26 bits per heavy atom. The van der Waals surface area contributed by atoms with Crippen LogP contribution < -0.4 is 5.32 Å². The molecule has 0 saturated carbocycles. The highest BCUT2D eigenvalue weighted by Gasteiger charge is 2.14. The van der Waals surface area contributed by atoms with Crippen molar-refractivity contribution < 1.29 is 9.21 Å². The molecule has 0 unspecified atom stereocenters. The van der Waals surface area contributed by atoms with Gasteiger partial charge < -0.3 is 9.73 Å². The summed E-state index contributed by atoms with van der Waals surface area (Å²) in [7, 11) is 0. The second kappa shape index (κ2) is 5.93. The lowest BCUT2D eigenvalue weighted by Crippen LogP contribution is -2.14. The monoisotopic (exact) mass is 277 g/mol. The molecule has 2 aromatic rings. The molecule has 1 amide bonds. The Kier molecular flexibility index (Phi) is 4.27. The number of hydrogen-bond donors (Lipinski definition) is 1. The topological polar surface area (TPSA) is 42.2 Å².